The number of nitrogens with two attached hydrogens (primary N) is 1. The first kappa shape index (κ1) is 16.1. The largest absolute Gasteiger partial charge is 0.487 e. The Morgan fingerprint density at radius 2 is 2.12 bits per heavy atom. The normalized spacial score (nSPS) is 27.6. The maximum absolute atomic E-state index is 13.1. The van der Waals surface area contributed by atoms with E-state index in [0.29, 0.717) is 25.4 Å². The number of carbonyl (C=O) groups is 1. The summed E-state index contributed by atoms with van der Waals surface area (Å²) < 4.78 is 11.5. The monoisotopic (exact) mass is 341 g/mol. The maximum Gasteiger partial charge on any atom is 0.261 e. The Kier molecular flexibility index (Phi) is 3.44. The first-order valence-corrected chi connectivity index (χ1v) is 8.57. The minimum atomic E-state index is -1.00. The molecule has 0 fully saturated rings. The Morgan fingerprint density at radius 1 is 1.32 bits per heavy atom. The zero-order valence-electron chi connectivity index (χ0n) is 14.8. The van der Waals surface area contributed by atoms with E-state index >= 15 is 0 Å². The van der Waals surface area contributed by atoms with Crippen LogP contribution in [-0.4, -0.2) is 42.6 Å². The van der Waals surface area contributed by atoms with Gasteiger partial charge in [0.25, 0.3) is 5.91 Å². The molecular formula is C19H23N3O3. The van der Waals surface area contributed by atoms with Gasteiger partial charge in [-0.2, -0.15) is 0 Å². The van der Waals surface area contributed by atoms with Crippen molar-refractivity contribution < 1.29 is 14.3 Å². The lowest BCUT2D eigenvalue weighted by molar-refractivity contribution is -0.133. The summed E-state index contributed by atoms with van der Waals surface area (Å²) in [4.78, 5) is 19.1. The minimum Gasteiger partial charge on any atom is -0.487 e. The number of carbonyl (C=O) groups excluding carboxylic acids is 1. The number of amides is 1. The molecule has 0 saturated heterocycles. The van der Waals surface area contributed by atoms with Crippen LogP contribution in [-0.2, 0) is 15.1 Å². The molecule has 0 saturated carbocycles. The topological polar surface area (TPSA) is 77.2 Å². The Morgan fingerprint density at radius 3 is 2.76 bits per heavy atom. The number of ether oxygens (including phenoxy) is 2. The fourth-order valence-corrected chi connectivity index (χ4v) is 3.97. The van der Waals surface area contributed by atoms with Gasteiger partial charge in [0, 0.05) is 19.0 Å². The first-order valence-electron chi connectivity index (χ1n) is 8.57. The van der Waals surface area contributed by atoms with Gasteiger partial charge in [-0.15, -0.1) is 0 Å². The van der Waals surface area contributed by atoms with Crippen LogP contribution in [0.1, 0.15) is 37.8 Å². The van der Waals surface area contributed by atoms with Crippen LogP contribution < -0.4 is 10.5 Å². The van der Waals surface area contributed by atoms with Crippen molar-refractivity contribution in [2.45, 2.75) is 37.8 Å². The average Bonchev–Trinajstić information content (AvgIpc) is 2.79. The summed E-state index contributed by atoms with van der Waals surface area (Å²) in [5.41, 5.74) is 7.59. The quantitative estimate of drug-likeness (QED) is 0.848. The summed E-state index contributed by atoms with van der Waals surface area (Å²) in [6, 6.07) is 6.03. The number of hydrogen-bond acceptors (Lipinski definition) is 5. The van der Waals surface area contributed by atoms with Crippen molar-refractivity contribution >= 4 is 17.4 Å². The van der Waals surface area contributed by atoms with E-state index in [4.69, 9.17) is 15.2 Å². The smallest absolute Gasteiger partial charge is 0.261 e. The van der Waals surface area contributed by atoms with Crippen LogP contribution in [0.5, 0.6) is 5.75 Å². The van der Waals surface area contributed by atoms with Crippen molar-refractivity contribution in [3.05, 3.63) is 35.4 Å². The average molecular weight is 341 g/mol. The van der Waals surface area contributed by atoms with Gasteiger partial charge in [-0.1, -0.05) is 12.1 Å². The third-order valence-corrected chi connectivity index (χ3v) is 5.13. The molecule has 1 aromatic rings. The molecule has 1 unspecified atom stereocenters. The summed E-state index contributed by atoms with van der Waals surface area (Å²) in [6.45, 7) is 5.28. The molecule has 1 aromatic carbocycles. The van der Waals surface area contributed by atoms with E-state index in [9.17, 15) is 4.79 Å². The minimum absolute atomic E-state index is 0.0965. The molecule has 25 heavy (non-hydrogen) atoms. The lowest BCUT2D eigenvalue weighted by Gasteiger charge is -2.41. The zero-order chi connectivity index (χ0) is 17.8. The highest BCUT2D eigenvalue weighted by molar-refractivity contribution is 6.07. The molecule has 1 atom stereocenters. The van der Waals surface area contributed by atoms with Crippen LogP contribution in [0, 0.1) is 0 Å². The van der Waals surface area contributed by atoms with Gasteiger partial charge < -0.3 is 15.2 Å². The van der Waals surface area contributed by atoms with E-state index < -0.39 is 11.1 Å². The summed E-state index contributed by atoms with van der Waals surface area (Å²) in [7, 11) is 1.67. The molecule has 1 amide bonds. The number of guanidine groups is 1. The highest BCUT2D eigenvalue weighted by Gasteiger charge is 2.55. The van der Waals surface area contributed by atoms with Crippen LogP contribution in [0.15, 0.2) is 29.3 Å². The molecular weight excluding hydrogens is 318 g/mol. The molecule has 6 nitrogen and oxygen atoms in total. The SMILES string of the molecule is CN1C(=O)C2(CC(C)(C)Oc3ccc(C4=CCOCC4)cc32)N=C1N. The van der Waals surface area contributed by atoms with Gasteiger partial charge in [0.05, 0.1) is 13.2 Å². The van der Waals surface area contributed by atoms with Crippen LogP contribution in [0.3, 0.4) is 0 Å². The third-order valence-electron chi connectivity index (χ3n) is 5.13. The highest BCUT2D eigenvalue weighted by Crippen LogP contribution is 2.49. The summed E-state index contributed by atoms with van der Waals surface area (Å²) in [5.74, 6) is 0.859. The predicted molar refractivity (Wildman–Crippen MR) is 95.2 cm³/mol. The molecule has 4 rings (SSSR count). The number of hydrogen-bond donors (Lipinski definition) is 1. The maximum atomic E-state index is 13.1. The Balaban J connectivity index is 1.89. The second-order valence-corrected chi connectivity index (χ2v) is 7.50. The summed E-state index contributed by atoms with van der Waals surface area (Å²) in [6.07, 6.45) is 3.41. The number of nitrogens with zero attached hydrogens (tertiary/aromatic N) is 2. The van der Waals surface area contributed by atoms with Crippen molar-refractivity contribution in [1.29, 1.82) is 0 Å². The molecule has 3 heterocycles. The van der Waals surface area contributed by atoms with Crippen LogP contribution in [0.4, 0.5) is 0 Å². The van der Waals surface area contributed by atoms with Gasteiger partial charge in [-0.05, 0) is 43.5 Å². The predicted octanol–water partition coefficient (Wildman–Crippen LogP) is 2.03. The molecule has 1 spiro atoms. The second kappa shape index (κ2) is 5.33. The van der Waals surface area contributed by atoms with Gasteiger partial charge in [-0.3, -0.25) is 9.69 Å². The van der Waals surface area contributed by atoms with E-state index in [1.54, 1.807) is 7.05 Å². The van der Waals surface area contributed by atoms with Gasteiger partial charge in [0.2, 0.25) is 0 Å². The number of aliphatic imine (C=N–C) groups is 1. The molecule has 2 N–H and O–H groups in total. The Hall–Kier alpha value is -2.34. The molecule has 6 heteroatoms. The van der Waals surface area contributed by atoms with Gasteiger partial charge >= 0.3 is 0 Å². The van der Waals surface area contributed by atoms with E-state index in [-0.39, 0.29) is 11.9 Å². The van der Waals surface area contributed by atoms with Crippen molar-refractivity contribution in [2.24, 2.45) is 10.7 Å². The first-order chi connectivity index (χ1) is 11.8. The fraction of sp³-hybridized carbons (Fsp3) is 0.474. The van der Waals surface area contributed by atoms with Crippen molar-refractivity contribution in [1.82, 2.24) is 4.90 Å². The molecule has 0 bridgehead atoms. The molecule has 3 aliphatic heterocycles. The van der Waals surface area contributed by atoms with Crippen molar-refractivity contribution in [3.63, 3.8) is 0 Å². The van der Waals surface area contributed by atoms with E-state index in [0.717, 1.165) is 17.5 Å². The van der Waals surface area contributed by atoms with Crippen molar-refractivity contribution in [3.8, 4) is 5.75 Å². The Bertz CT molecular complexity index is 812. The number of fused-ring (bicyclic) bond motifs is 2. The molecule has 0 aromatic heterocycles. The Labute approximate surface area is 147 Å². The van der Waals surface area contributed by atoms with E-state index in [2.05, 4.69) is 11.1 Å². The lowest BCUT2D eigenvalue weighted by atomic mass is 9.76. The summed E-state index contributed by atoms with van der Waals surface area (Å²) >= 11 is 0. The van der Waals surface area contributed by atoms with E-state index in [1.807, 2.05) is 32.0 Å². The number of benzene rings is 1. The molecule has 3 aliphatic rings. The molecule has 0 radical (unpaired) electrons. The lowest BCUT2D eigenvalue weighted by Crippen LogP contribution is -2.49. The summed E-state index contributed by atoms with van der Waals surface area (Å²) in [5, 5.41) is 0. The van der Waals surface area contributed by atoms with Crippen LogP contribution in [0.25, 0.3) is 5.57 Å². The van der Waals surface area contributed by atoms with E-state index in [1.165, 1.54) is 10.5 Å². The second-order valence-electron chi connectivity index (χ2n) is 7.50. The number of likely N-dealkylation sites (N-methyl/N-ethyl adjacent to an activating group) is 1. The highest BCUT2D eigenvalue weighted by atomic mass is 16.5. The zero-order valence-corrected chi connectivity index (χ0v) is 14.8. The number of rotatable bonds is 1. The molecule has 132 valence electrons. The van der Waals surface area contributed by atoms with Crippen molar-refractivity contribution in [2.75, 3.05) is 20.3 Å². The standard InChI is InChI=1S/C19H23N3O3/c1-18(2)11-19(16(23)22(3)17(20)21-19)14-10-13(4-5-15(14)25-18)12-6-8-24-9-7-12/h4-6,10H,7-9,11H2,1-3H3,(H2,20,21). The van der Waals surface area contributed by atoms with Gasteiger partial charge in [0.1, 0.15) is 11.4 Å². The van der Waals surface area contributed by atoms with Gasteiger partial charge in [0.15, 0.2) is 11.5 Å². The van der Waals surface area contributed by atoms with Crippen LogP contribution in [0.2, 0.25) is 0 Å². The van der Waals surface area contributed by atoms with Gasteiger partial charge in [-0.25, -0.2) is 4.99 Å². The molecule has 0 aliphatic carbocycles. The third kappa shape index (κ3) is 2.43. The fourth-order valence-electron chi connectivity index (χ4n) is 3.97. The van der Waals surface area contributed by atoms with Crippen LogP contribution >= 0.6 is 0 Å².